The number of halogens is 3. The Hall–Kier alpha value is -3.83. The van der Waals surface area contributed by atoms with Crippen molar-refractivity contribution in [3.05, 3.63) is 86.8 Å². The molecule has 9 nitrogen and oxygen atoms in total. The van der Waals surface area contributed by atoms with E-state index in [1.165, 1.54) is 15.3 Å². The van der Waals surface area contributed by atoms with Gasteiger partial charge >= 0.3 is 0 Å². The molecule has 0 saturated carbocycles. The number of pyridine rings is 3. The summed E-state index contributed by atoms with van der Waals surface area (Å²) in [6.45, 7) is 0.523. The highest BCUT2D eigenvalue weighted by molar-refractivity contribution is 6.31. The summed E-state index contributed by atoms with van der Waals surface area (Å²) in [7, 11) is 0. The quantitative estimate of drug-likeness (QED) is 0.417. The van der Waals surface area contributed by atoms with Crippen LogP contribution in [0.25, 0.3) is 11.5 Å². The summed E-state index contributed by atoms with van der Waals surface area (Å²) >= 11 is 6.34. The second-order valence-corrected chi connectivity index (χ2v) is 9.20. The maximum atomic E-state index is 14.2. The van der Waals surface area contributed by atoms with Crippen LogP contribution >= 0.6 is 11.6 Å². The fourth-order valence-corrected chi connectivity index (χ4v) is 3.93. The molecular weight excluding hydrogens is 508 g/mol. The van der Waals surface area contributed by atoms with Gasteiger partial charge in [0.05, 0.1) is 26.9 Å². The first-order valence-corrected chi connectivity index (χ1v) is 11.6. The molecule has 0 radical (unpaired) electrons. The zero-order valence-electron chi connectivity index (χ0n) is 21.7. The number of aliphatic hydroxyl groups is 1. The standard InChI is InChI=1S/C25H22ClF2N5O4/c1-25(2,35)20-5-6-32(31-20)21-9-18-14(11-30-21)4-3-7-36-22-10-19(23(26)24(34)33(18)22)37-13-17-16(28)8-15(27)12-29-17/h5-6,8-12,35H,3-4,7,13H2,1-2H3/i13D2. The predicted molar refractivity (Wildman–Crippen MR) is 130 cm³/mol. The first-order valence-electron chi connectivity index (χ1n) is 12.2. The fourth-order valence-electron chi connectivity index (χ4n) is 3.75. The van der Waals surface area contributed by atoms with Gasteiger partial charge < -0.3 is 14.6 Å². The predicted octanol–water partition coefficient (Wildman–Crippen LogP) is 3.88. The van der Waals surface area contributed by atoms with Crippen LogP contribution in [0, 0.1) is 11.6 Å². The van der Waals surface area contributed by atoms with Gasteiger partial charge in [-0.05, 0) is 38.3 Å². The number of hydrogen-bond acceptors (Lipinski definition) is 7. The highest BCUT2D eigenvalue weighted by atomic mass is 35.5. The second-order valence-electron chi connectivity index (χ2n) is 8.82. The lowest BCUT2D eigenvalue weighted by Gasteiger charge is -2.22. The van der Waals surface area contributed by atoms with Crippen molar-refractivity contribution in [2.75, 3.05) is 6.61 Å². The minimum Gasteiger partial charge on any atom is -0.485 e. The Morgan fingerprint density at radius 1 is 1.27 bits per heavy atom. The number of aryl methyl sites for hydroxylation is 1. The number of hydrogen-bond donors (Lipinski definition) is 1. The number of rotatable bonds is 5. The lowest BCUT2D eigenvalue weighted by molar-refractivity contribution is 0.0734. The topological polar surface area (TPSA) is 104 Å². The third-order valence-corrected chi connectivity index (χ3v) is 5.97. The van der Waals surface area contributed by atoms with Crippen molar-refractivity contribution >= 4 is 11.6 Å². The number of fused-ring (bicyclic) bond motifs is 3. The average molecular weight is 532 g/mol. The number of nitrogens with zero attached hydrogens (tertiary/aromatic N) is 5. The minimum absolute atomic E-state index is 0.00140. The zero-order chi connectivity index (χ0) is 28.1. The summed E-state index contributed by atoms with van der Waals surface area (Å²) in [6, 6.07) is 4.95. The van der Waals surface area contributed by atoms with Gasteiger partial charge in [0.2, 0.25) is 5.88 Å². The molecule has 5 heterocycles. The van der Waals surface area contributed by atoms with Gasteiger partial charge in [0.15, 0.2) is 11.6 Å². The van der Waals surface area contributed by atoms with Gasteiger partial charge in [-0.1, -0.05) is 11.6 Å². The smallest absolute Gasteiger partial charge is 0.280 e. The molecule has 0 spiro atoms. The van der Waals surface area contributed by atoms with Crippen molar-refractivity contribution in [3.8, 4) is 23.1 Å². The van der Waals surface area contributed by atoms with Gasteiger partial charge in [0, 0.05) is 30.6 Å². The highest BCUT2D eigenvalue weighted by Crippen LogP contribution is 2.32. The number of aromatic nitrogens is 5. The lowest BCUT2D eigenvalue weighted by Crippen LogP contribution is -2.25. The molecule has 0 amide bonds. The molecule has 4 aromatic rings. The third-order valence-electron chi connectivity index (χ3n) is 5.63. The molecule has 5 rings (SSSR count). The Bertz CT molecular complexity index is 1640. The summed E-state index contributed by atoms with van der Waals surface area (Å²) in [5, 5.41) is 14.1. The Morgan fingerprint density at radius 2 is 2.08 bits per heavy atom. The van der Waals surface area contributed by atoms with Crippen LogP contribution in [-0.4, -0.2) is 36.0 Å². The zero-order valence-corrected chi connectivity index (χ0v) is 20.5. The van der Waals surface area contributed by atoms with Crippen LogP contribution in [0.2, 0.25) is 5.02 Å². The first kappa shape index (κ1) is 22.4. The fraction of sp³-hybridized carbons (Fsp3) is 0.280. The van der Waals surface area contributed by atoms with Crippen LogP contribution in [0.1, 0.15) is 40.0 Å². The van der Waals surface area contributed by atoms with Crippen molar-refractivity contribution in [3.63, 3.8) is 0 Å². The van der Waals surface area contributed by atoms with E-state index in [0.29, 0.717) is 42.3 Å². The molecule has 0 bridgehead atoms. The maximum absolute atomic E-state index is 14.2. The van der Waals surface area contributed by atoms with Gasteiger partial charge in [0.25, 0.3) is 5.56 Å². The molecule has 1 N–H and O–H groups in total. The summed E-state index contributed by atoms with van der Waals surface area (Å²) in [5.41, 5.74) is -1.24. The molecule has 37 heavy (non-hydrogen) atoms. The number of ether oxygens (including phenoxy) is 2. The van der Waals surface area contributed by atoms with E-state index < -0.39 is 45.8 Å². The summed E-state index contributed by atoms with van der Waals surface area (Å²) in [6.07, 6.45) is 5.00. The van der Waals surface area contributed by atoms with Gasteiger partial charge in [-0.25, -0.2) is 23.0 Å². The van der Waals surface area contributed by atoms with E-state index in [1.54, 1.807) is 38.4 Å². The largest absolute Gasteiger partial charge is 0.485 e. The molecule has 0 saturated heterocycles. The van der Waals surface area contributed by atoms with Crippen LogP contribution in [0.3, 0.4) is 0 Å². The Kier molecular flexibility index (Phi) is 5.78. The van der Waals surface area contributed by atoms with Crippen LogP contribution in [-0.2, 0) is 18.6 Å². The molecule has 0 aliphatic carbocycles. The van der Waals surface area contributed by atoms with E-state index in [1.807, 2.05) is 0 Å². The molecule has 12 heteroatoms. The van der Waals surface area contributed by atoms with Gasteiger partial charge in [0.1, 0.15) is 34.4 Å². The Balaban J connectivity index is 1.60. The molecule has 192 valence electrons. The lowest BCUT2D eigenvalue weighted by atomic mass is 10.1. The van der Waals surface area contributed by atoms with E-state index in [9.17, 15) is 18.7 Å². The molecule has 0 aromatic carbocycles. The van der Waals surface area contributed by atoms with Crippen LogP contribution in [0.5, 0.6) is 11.6 Å². The second kappa shape index (κ2) is 9.56. The van der Waals surface area contributed by atoms with E-state index in [2.05, 4.69) is 15.1 Å². The normalized spacial score (nSPS) is 14.4. The molecule has 0 atom stereocenters. The molecule has 0 unspecified atom stereocenters. The van der Waals surface area contributed by atoms with Gasteiger partial charge in [-0.3, -0.25) is 9.78 Å². The van der Waals surface area contributed by atoms with Gasteiger partial charge in [-0.15, -0.1) is 0 Å². The van der Waals surface area contributed by atoms with E-state index in [-0.39, 0.29) is 12.5 Å². The summed E-state index contributed by atoms with van der Waals surface area (Å²) < 4.78 is 57.6. The monoisotopic (exact) mass is 531 g/mol. The van der Waals surface area contributed by atoms with Crippen LogP contribution in [0.15, 0.2) is 47.7 Å². The van der Waals surface area contributed by atoms with E-state index in [4.69, 9.17) is 23.8 Å². The SMILES string of the molecule is [2H]C([2H])(Oc1cc2n(c(=O)c1Cl)-c1cc(-n3ccc(C(C)(C)O)n3)ncc1CCCO2)c1ncc(F)cc1F. The van der Waals surface area contributed by atoms with Crippen molar-refractivity contribution in [1.29, 1.82) is 0 Å². The third kappa shape index (κ3) is 4.92. The van der Waals surface area contributed by atoms with Crippen molar-refractivity contribution < 1.29 is 26.1 Å². The van der Waals surface area contributed by atoms with E-state index in [0.717, 1.165) is 5.56 Å². The molecule has 0 fully saturated rings. The van der Waals surface area contributed by atoms with Gasteiger partial charge in [-0.2, -0.15) is 5.10 Å². The maximum Gasteiger partial charge on any atom is 0.280 e. The Labute approximate surface area is 217 Å². The van der Waals surface area contributed by atoms with Crippen molar-refractivity contribution in [1.82, 2.24) is 24.3 Å². The molecule has 4 aromatic heterocycles. The van der Waals surface area contributed by atoms with Crippen LogP contribution in [0.4, 0.5) is 8.78 Å². The van der Waals surface area contributed by atoms with E-state index >= 15 is 0 Å². The minimum atomic E-state index is -2.90. The van der Waals surface area contributed by atoms with Crippen LogP contribution < -0.4 is 15.0 Å². The first-order chi connectivity index (χ1) is 18.3. The molecular formula is C25H22ClF2N5O4. The molecule has 1 aliphatic rings. The highest BCUT2D eigenvalue weighted by Gasteiger charge is 2.23. The molecule has 1 aliphatic heterocycles. The van der Waals surface area contributed by atoms with Crippen molar-refractivity contribution in [2.45, 2.75) is 38.8 Å². The Morgan fingerprint density at radius 3 is 2.81 bits per heavy atom. The van der Waals surface area contributed by atoms with Crippen molar-refractivity contribution in [2.24, 2.45) is 0 Å². The summed E-state index contributed by atoms with van der Waals surface area (Å²) in [4.78, 5) is 21.4. The average Bonchev–Trinajstić information content (AvgIpc) is 3.35. The summed E-state index contributed by atoms with van der Waals surface area (Å²) in [5.74, 6) is -2.32.